The van der Waals surface area contributed by atoms with E-state index in [2.05, 4.69) is 12.2 Å². The minimum absolute atomic E-state index is 0.400. The van der Waals surface area contributed by atoms with Crippen molar-refractivity contribution in [1.29, 1.82) is 0 Å². The second-order valence-electron chi connectivity index (χ2n) is 9.04. The largest absolute Gasteiger partial charge is 0.464 e. The smallest absolute Gasteiger partial charge is 0.413 e. The Labute approximate surface area is 202 Å². The number of ether oxygens (including phenoxy) is 2. The van der Waals surface area contributed by atoms with E-state index in [9.17, 15) is 9.59 Å². The van der Waals surface area contributed by atoms with Gasteiger partial charge in [-0.2, -0.15) is 0 Å². The van der Waals surface area contributed by atoms with Crippen LogP contribution >= 0.6 is 0 Å². The lowest BCUT2D eigenvalue weighted by molar-refractivity contribution is -0.145. The molecule has 0 spiro atoms. The van der Waals surface area contributed by atoms with Crippen LogP contribution < -0.4 is 10.1 Å². The summed E-state index contributed by atoms with van der Waals surface area (Å²) in [6.07, 6.45) is 20.3. The summed E-state index contributed by atoms with van der Waals surface area (Å²) in [5, 5.41) is 2.50. The summed E-state index contributed by atoms with van der Waals surface area (Å²) in [5.74, 6) is 0.00436. The first-order chi connectivity index (χ1) is 16.1. The van der Waals surface area contributed by atoms with Gasteiger partial charge in [0.25, 0.3) is 0 Å². The molecule has 0 radical (unpaired) electrons. The van der Waals surface area contributed by atoms with E-state index in [1.165, 1.54) is 89.9 Å². The van der Waals surface area contributed by atoms with Gasteiger partial charge in [0, 0.05) is 0 Å². The minimum atomic E-state index is -0.734. The van der Waals surface area contributed by atoms with Gasteiger partial charge < -0.3 is 14.8 Å². The van der Waals surface area contributed by atoms with Crippen LogP contribution in [0.15, 0.2) is 30.3 Å². The Morgan fingerprint density at radius 3 is 1.67 bits per heavy atom. The average Bonchev–Trinajstić information content (AvgIpc) is 2.81. The van der Waals surface area contributed by atoms with Crippen LogP contribution in [0.1, 0.15) is 117 Å². The molecule has 0 aliphatic carbocycles. The molecule has 1 aromatic rings. The number of benzene rings is 1. The van der Waals surface area contributed by atoms with E-state index in [0.717, 1.165) is 12.8 Å². The standard InChI is InChI=1S/C28H47NO4/c1-3-4-5-6-7-8-9-10-11-12-13-14-15-16-17-21-24-32-27(30)25(2)29-28(31)33-26-22-19-18-20-23-26/h18-20,22-23,25H,3-17,21,24H2,1-2H3,(H,29,31). The molecule has 1 rings (SSSR count). The molecule has 0 aromatic heterocycles. The molecule has 1 amide bonds. The molecule has 0 fully saturated rings. The summed E-state index contributed by atoms with van der Waals surface area (Å²) < 4.78 is 10.4. The van der Waals surface area contributed by atoms with Crippen molar-refractivity contribution in [3.8, 4) is 5.75 Å². The molecule has 1 atom stereocenters. The van der Waals surface area contributed by atoms with Gasteiger partial charge in [-0.25, -0.2) is 9.59 Å². The number of carbonyl (C=O) groups is 2. The molecule has 5 heteroatoms. The molecule has 0 saturated heterocycles. The lowest BCUT2D eigenvalue weighted by Gasteiger charge is -2.13. The molecule has 33 heavy (non-hydrogen) atoms. The molecule has 0 bridgehead atoms. The Morgan fingerprint density at radius 1 is 0.727 bits per heavy atom. The number of nitrogens with one attached hydrogen (secondary N) is 1. The molecular formula is C28H47NO4. The van der Waals surface area contributed by atoms with Gasteiger partial charge in [-0.1, -0.05) is 121 Å². The molecule has 0 heterocycles. The predicted octanol–water partition coefficient (Wildman–Crippen LogP) is 7.97. The van der Waals surface area contributed by atoms with Crippen LogP contribution in [-0.4, -0.2) is 24.7 Å². The first-order valence-corrected chi connectivity index (χ1v) is 13.3. The number of hydrogen-bond acceptors (Lipinski definition) is 4. The summed E-state index contributed by atoms with van der Waals surface area (Å²) in [7, 11) is 0. The van der Waals surface area contributed by atoms with E-state index in [1.807, 2.05) is 6.07 Å². The van der Waals surface area contributed by atoms with E-state index in [0.29, 0.717) is 12.4 Å². The van der Waals surface area contributed by atoms with Crippen LogP contribution in [0, 0.1) is 0 Å². The molecule has 1 unspecified atom stereocenters. The van der Waals surface area contributed by atoms with Crippen molar-refractivity contribution in [3.05, 3.63) is 30.3 Å². The SMILES string of the molecule is CCCCCCCCCCCCCCCCCCOC(=O)C(C)NC(=O)Oc1ccccc1. The first kappa shape index (κ1) is 29.0. The maximum Gasteiger partial charge on any atom is 0.413 e. The molecule has 1 N–H and O–H groups in total. The van der Waals surface area contributed by atoms with Crippen molar-refractivity contribution in [3.63, 3.8) is 0 Å². The Bertz CT molecular complexity index is 605. The van der Waals surface area contributed by atoms with E-state index in [-0.39, 0.29) is 0 Å². The van der Waals surface area contributed by atoms with Gasteiger partial charge in [0.05, 0.1) is 6.61 Å². The van der Waals surface area contributed by atoms with Crippen molar-refractivity contribution in [2.45, 2.75) is 123 Å². The van der Waals surface area contributed by atoms with Crippen LogP contribution in [0.2, 0.25) is 0 Å². The van der Waals surface area contributed by atoms with Crippen LogP contribution in [0.3, 0.4) is 0 Å². The maximum atomic E-state index is 12.0. The monoisotopic (exact) mass is 461 g/mol. The molecule has 0 saturated carbocycles. The second kappa shape index (κ2) is 20.6. The third-order valence-corrected chi connectivity index (χ3v) is 5.88. The number of unbranched alkanes of at least 4 members (excludes halogenated alkanes) is 15. The van der Waals surface area contributed by atoms with Gasteiger partial charge in [-0.05, 0) is 25.5 Å². The number of esters is 1. The zero-order valence-electron chi connectivity index (χ0n) is 21.1. The van der Waals surface area contributed by atoms with Gasteiger partial charge in [0.1, 0.15) is 11.8 Å². The molecular weight excluding hydrogens is 414 g/mol. The topological polar surface area (TPSA) is 64.6 Å². The Kier molecular flexibility index (Phi) is 18.1. The van der Waals surface area contributed by atoms with E-state index >= 15 is 0 Å². The Balaban J connectivity index is 1.86. The number of carbonyl (C=O) groups excluding carboxylic acids is 2. The van der Waals surface area contributed by atoms with E-state index in [1.54, 1.807) is 31.2 Å². The van der Waals surface area contributed by atoms with Crippen LogP contribution in [0.4, 0.5) is 4.79 Å². The van der Waals surface area contributed by atoms with Crippen LogP contribution in [0.5, 0.6) is 5.75 Å². The normalized spacial score (nSPS) is 11.7. The summed E-state index contributed by atoms with van der Waals surface area (Å²) in [6.45, 7) is 4.27. The van der Waals surface area contributed by atoms with Gasteiger partial charge in [-0.15, -0.1) is 0 Å². The number of para-hydroxylation sites is 1. The Hall–Kier alpha value is -2.04. The zero-order valence-corrected chi connectivity index (χ0v) is 21.1. The maximum absolute atomic E-state index is 12.0. The van der Waals surface area contributed by atoms with Crippen molar-refractivity contribution in [1.82, 2.24) is 5.32 Å². The van der Waals surface area contributed by atoms with Gasteiger partial charge in [0.15, 0.2) is 0 Å². The van der Waals surface area contributed by atoms with Crippen LogP contribution in [-0.2, 0) is 9.53 Å². The highest BCUT2D eigenvalue weighted by Gasteiger charge is 2.18. The fourth-order valence-electron chi connectivity index (χ4n) is 3.81. The van der Waals surface area contributed by atoms with E-state index < -0.39 is 18.1 Å². The molecule has 0 aliphatic rings. The lowest BCUT2D eigenvalue weighted by atomic mass is 10.0. The number of amides is 1. The van der Waals surface area contributed by atoms with Crippen molar-refractivity contribution >= 4 is 12.1 Å². The second-order valence-corrected chi connectivity index (χ2v) is 9.04. The van der Waals surface area contributed by atoms with Crippen molar-refractivity contribution in [2.75, 3.05) is 6.61 Å². The third-order valence-electron chi connectivity index (χ3n) is 5.88. The fourth-order valence-corrected chi connectivity index (χ4v) is 3.81. The molecule has 5 nitrogen and oxygen atoms in total. The highest BCUT2D eigenvalue weighted by Crippen LogP contribution is 2.14. The number of hydrogen-bond donors (Lipinski definition) is 1. The van der Waals surface area contributed by atoms with Crippen molar-refractivity contribution < 1.29 is 19.1 Å². The van der Waals surface area contributed by atoms with Gasteiger partial charge >= 0.3 is 12.1 Å². The quantitative estimate of drug-likeness (QED) is 0.158. The first-order valence-electron chi connectivity index (χ1n) is 13.3. The number of rotatable bonds is 20. The average molecular weight is 462 g/mol. The predicted molar refractivity (Wildman–Crippen MR) is 136 cm³/mol. The summed E-state index contributed by atoms with van der Waals surface area (Å²) in [6, 6.07) is 8.02. The van der Waals surface area contributed by atoms with Crippen LogP contribution in [0.25, 0.3) is 0 Å². The van der Waals surface area contributed by atoms with Crippen molar-refractivity contribution in [2.24, 2.45) is 0 Å². The highest BCUT2D eigenvalue weighted by molar-refractivity contribution is 5.81. The van der Waals surface area contributed by atoms with Gasteiger partial charge in [0.2, 0.25) is 0 Å². The van der Waals surface area contributed by atoms with E-state index in [4.69, 9.17) is 9.47 Å². The molecule has 188 valence electrons. The minimum Gasteiger partial charge on any atom is -0.464 e. The fraction of sp³-hybridized carbons (Fsp3) is 0.714. The summed E-state index contributed by atoms with van der Waals surface area (Å²) in [4.78, 5) is 23.8. The molecule has 1 aromatic carbocycles. The zero-order chi connectivity index (χ0) is 24.0. The Morgan fingerprint density at radius 2 is 1.18 bits per heavy atom. The highest BCUT2D eigenvalue weighted by atomic mass is 16.6. The lowest BCUT2D eigenvalue weighted by Crippen LogP contribution is -2.41. The summed E-state index contributed by atoms with van der Waals surface area (Å²) >= 11 is 0. The molecule has 0 aliphatic heterocycles. The summed E-state index contributed by atoms with van der Waals surface area (Å²) in [5.41, 5.74) is 0. The van der Waals surface area contributed by atoms with Gasteiger partial charge in [-0.3, -0.25) is 0 Å². The third kappa shape index (κ3) is 17.1.